The van der Waals surface area contributed by atoms with Crippen LogP contribution >= 0.6 is 34.5 Å². The normalized spacial score (nSPS) is 12.8. The monoisotopic (exact) mass is 406 g/mol. The molecule has 0 saturated carbocycles. The van der Waals surface area contributed by atoms with Crippen molar-refractivity contribution in [2.24, 2.45) is 0 Å². The maximum absolute atomic E-state index is 12.0. The fraction of sp³-hybridized carbons (Fsp3) is 0.267. The number of hydrogen-bond donors (Lipinski definition) is 2. The van der Waals surface area contributed by atoms with Gasteiger partial charge in [0.1, 0.15) is 4.21 Å². The second-order valence-electron chi connectivity index (χ2n) is 5.03. The first-order valence-electron chi connectivity index (χ1n) is 7.07. The molecule has 2 aromatic rings. The number of nitrogens with one attached hydrogen (secondary N) is 2. The molecule has 0 spiro atoms. The Morgan fingerprint density at radius 1 is 1.29 bits per heavy atom. The number of carbonyl (C=O) groups excluding carboxylic acids is 1. The molecule has 0 aliphatic carbocycles. The summed E-state index contributed by atoms with van der Waals surface area (Å²) >= 11 is 13.1. The third kappa shape index (κ3) is 5.19. The van der Waals surface area contributed by atoms with Crippen LogP contribution in [0.4, 0.5) is 0 Å². The van der Waals surface area contributed by atoms with Crippen molar-refractivity contribution in [2.45, 2.75) is 23.6 Å². The smallest absolute Gasteiger partial charge is 0.250 e. The molecule has 1 heterocycles. The predicted octanol–water partition coefficient (Wildman–Crippen LogP) is 3.60. The summed E-state index contributed by atoms with van der Waals surface area (Å²) in [4.78, 5) is 12.0. The molecule has 5 nitrogen and oxygen atoms in total. The van der Waals surface area contributed by atoms with Gasteiger partial charge in [-0.3, -0.25) is 4.79 Å². The fourth-order valence-corrected chi connectivity index (χ4v) is 4.67. The van der Waals surface area contributed by atoms with Crippen molar-refractivity contribution in [2.75, 3.05) is 6.54 Å². The third-order valence-corrected chi connectivity index (χ3v) is 6.63. The molecule has 2 rings (SSSR count). The van der Waals surface area contributed by atoms with E-state index in [1.54, 1.807) is 36.6 Å². The van der Waals surface area contributed by atoms with Crippen LogP contribution in [0.25, 0.3) is 0 Å². The topological polar surface area (TPSA) is 75.3 Å². The SMILES string of the molecule is C[C@H](NC(=O)CCNS(=O)(=O)c1cccs1)c1ccc(Cl)cc1Cl. The molecule has 2 N–H and O–H groups in total. The minimum absolute atomic E-state index is 0.0210. The summed E-state index contributed by atoms with van der Waals surface area (Å²) in [5, 5.41) is 5.44. The number of thiophene rings is 1. The Balaban J connectivity index is 1.85. The molecule has 1 atom stereocenters. The number of benzene rings is 1. The summed E-state index contributed by atoms with van der Waals surface area (Å²) in [5.74, 6) is -0.276. The summed E-state index contributed by atoms with van der Waals surface area (Å²) in [6.07, 6.45) is 0.0279. The molecule has 24 heavy (non-hydrogen) atoms. The summed E-state index contributed by atoms with van der Waals surface area (Å²) < 4.78 is 26.5. The van der Waals surface area contributed by atoms with Gasteiger partial charge in [0.05, 0.1) is 6.04 Å². The molecule has 0 fully saturated rings. The van der Waals surface area contributed by atoms with E-state index in [2.05, 4.69) is 10.0 Å². The highest BCUT2D eigenvalue weighted by Crippen LogP contribution is 2.26. The number of rotatable bonds is 7. The first-order chi connectivity index (χ1) is 11.3. The minimum atomic E-state index is -3.55. The quantitative estimate of drug-likeness (QED) is 0.737. The maximum Gasteiger partial charge on any atom is 0.250 e. The van der Waals surface area contributed by atoms with E-state index in [0.717, 1.165) is 16.9 Å². The lowest BCUT2D eigenvalue weighted by molar-refractivity contribution is -0.121. The van der Waals surface area contributed by atoms with Crippen LogP contribution in [0.3, 0.4) is 0 Å². The molecular weight excluding hydrogens is 391 g/mol. The van der Waals surface area contributed by atoms with Gasteiger partial charge in [-0.15, -0.1) is 11.3 Å². The molecule has 0 unspecified atom stereocenters. The molecular formula is C15H16Cl2N2O3S2. The Morgan fingerprint density at radius 3 is 2.67 bits per heavy atom. The number of halogens is 2. The van der Waals surface area contributed by atoms with Gasteiger partial charge in [-0.05, 0) is 36.1 Å². The van der Waals surface area contributed by atoms with Crippen LogP contribution in [0, 0.1) is 0 Å². The zero-order valence-electron chi connectivity index (χ0n) is 12.8. The highest BCUT2D eigenvalue weighted by Gasteiger charge is 2.16. The lowest BCUT2D eigenvalue weighted by Crippen LogP contribution is -2.32. The zero-order valence-corrected chi connectivity index (χ0v) is 15.9. The molecule has 9 heteroatoms. The first-order valence-corrected chi connectivity index (χ1v) is 10.2. The van der Waals surface area contributed by atoms with Crippen molar-refractivity contribution in [3.8, 4) is 0 Å². The van der Waals surface area contributed by atoms with Gasteiger partial charge >= 0.3 is 0 Å². The van der Waals surface area contributed by atoms with E-state index in [0.29, 0.717) is 10.0 Å². The highest BCUT2D eigenvalue weighted by molar-refractivity contribution is 7.91. The van der Waals surface area contributed by atoms with E-state index < -0.39 is 10.0 Å². The van der Waals surface area contributed by atoms with Crippen LogP contribution in [-0.4, -0.2) is 20.9 Å². The Hall–Kier alpha value is -1.12. The molecule has 0 bridgehead atoms. The van der Waals surface area contributed by atoms with Gasteiger partial charge in [0, 0.05) is 23.0 Å². The van der Waals surface area contributed by atoms with Gasteiger partial charge in [0.15, 0.2) is 0 Å². The molecule has 0 saturated heterocycles. The number of sulfonamides is 1. The number of hydrogen-bond acceptors (Lipinski definition) is 4. The van der Waals surface area contributed by atoms with Gasteiger partial charge in [-0.25, -0.2) is 13.1 Å². The van der Waals surface area contributed by atoms with E-state index in [9.17, 15) is 13.2 Å². The number of amides is 1. The fourth-order valence-electron chi connectivity index (χ4n) is 2.03. The van der Waals surface area contributed by atoms with Crippen LogP contribution < -0.4 is 10.0 Å². The van der Waals surface area contributed by atoms with Gasteiger partial charge < -0.3 is 5.32 Å². The van der Waals surface area contributed by atoms with Crippen LogP contribution in [0.15, 0.2) is 39.9 Å². The maximum atomic E-state index is 12.0. The summed E-state index contributed by atoms with van der Waals surface area (Å²) in [7, 11) is -3.55. The average molecular weight is 407 g/mol. The Morgan fingerprint density at radius 2 is 2.04 bits per heavy atom. The Kier molecular flexibility index (Phi) is 6.65. The minimum Gasteiger partial charge on any atom is -0.349 e. The second-order valence-corrected chi connectivity index (χ2v) is 8.82. The van der Waals surface area contributed by atoms with E-state index >= 15 is 0 Å². The van der Waals surface area contributed by atoms with Gasteiger partial charge in [0.25, 0.3) is 0 Å². The largest absolute Gasteiger partial charge is 0.349 e. The molecule has 0 aliphatic rings. The van der Waals surface area contributed by atoms with Crippen molar-refractivity contribution in [3.63, 3.8) is 0 Å². The third-order valence-electron chi connectivity index (χ3n) is 3.21. The second kappa shape index (κ2) is 8.31. The van der Waals surface area contributed by atoms with Crippen molar-refractivity contribution < 1.29 is 13.2 Å². The average Bonchev–Trinajstić information content (AvgIpc) is 3.01. The lowest BCUT2D eigenvalue weighted by Gasteiger charge is -2.16. The molecule has 1 amide bonds. The van der Waals surface area contributed by atoms with Crippen molar-refractivity contribution in [1.82, 2.24) is 10.0 Å². The van der Waals surface area contributed by atoms with Crippen molar-refractivity contribution in [1.29, 1.82) is 0 Å². The van der Waals surface area contributed by atoms with Crippen LogP contribution in [-0.2, 0) is 14.8 Å². The lowest BCUT2D eigenvalue weighted by atomic mass is 10.1. The Bertz CT molecular complexity index is 808. The summed E-state index contributed by atoms with van der Waals surface area (Å²) in [6, 6.07) is 7.91. The van der Waals surface area contributed by atoms with E-state index in [1.807, 2.05) is 0 Å². The van der Waals surface area contributed by atoms with Gasteiger partial charge in [-0.1, -0.05) is 35.3 Å². The Labute approximate surface area is 155 Å². The molecule has 1 aromatic carbocycles. The molecule has 0 aliphatic heterocycles. The van der Waals surface area contributed by atoms with Gasteiger partial charge in [0.2, 0.25) is 15.9 Å². The van der Waals surface area contributed by atoms with E-state index in [-0.39, 0.29) is 29.1 Å². The molecule has 1 aromatic heterocycles. The molecule has 0 radical (unpaired) electrons. The van der Waals surface area contributed by atoms with E-state index in [4.69, 9.17) is 23.2 Å². The first kappa shape index (κ1) is 19.2. The van der Waals surface area contributed by atoms with Crippen molar-refractivity contribution in [3.05, 3.63) is 51.3 Å². The number of carbonyl (C=O) groups is 1. The molecule has 130 valence electrons. The van der Waals surface area contributed by atoms with Crippen LogP contribution in [0.2, 0.25) is 10.0 Å². The zero-order chi connectivity index (χ0) is 17.7. The van der Waals surface area contributed by atoms with Gasteiger partial charge in [-0.2, -0.15) is 0 Å². The van der Waals surface area contributed by atoms with Crippen molar-refractivity contribution >= 4 is 50.5 Å². The summed E-state index contributed by atoms with van der Waals surface area (Å²) in [6.45, 7) is 1.82. The standard InChI is InChI=1S/C15H16Cl2N2O3S2/c1-10(12-5-4-11(16)9-13(12)17)19-14(20)6-7-18-24(21,22)15-3-2-8-23-15/h2-5,8-10,18H,6-7H2,1H3,(H,19,20)/t10-/m0/s1. The van der Waals surface area contributed by atoms with E-state index in [1.165, 1.54) is 6.07 Å². The summed E-state index contributed by atoms with van der Waals surface area (Å²) in [5.41, 5.74) is 0.744. The predicted molar refractivity (Wildman–Crippen MR) is 97.1 cm³/mol. The van der Waals surface area contributed by atoms with Crippen LogP contribution in [0.5, 0.6) is 0 Å². The highest BCUT2D eigenvalue weighted by atomic mass is 35.5. The van der Waals surface area contributed by atoms with Crippen LogP contribution in [0.1, 0.15) is 24.9 Å².